The Morgan fingerprint density at radius 2 is 2.20 bits per heavy atom. The summed E-state index contributed by atoms with van der Waals surface area (Å²) in [7, 11) is 0. The van der Waals surface area contributed by atoms with Gasteiger partial charge < -0.3 is 20.8 Å². The van der Waals surface area contributed by atoms with E-state index in [-0.39, 0.29) is 11.7 Å². The van der Waals surface area contributed by atoms with Crippen molar-refractivity contribution in [3.63, 3.8) is 0 Å². The molecule has 1 aliphatic heterocycles. The van der Waals surface area contributed by atoms with Crippen LogP contribution in [0.3, 0.4) is 0 Å². The van der Waals surface area contributed by atoms with Crippen molar-refractivity contribution in [2.24, 2.45) is 5.92 Å². The lowest BCUT2D eigenvalue weighted by atomic mass is 9.87. The average molecular weight is 278 g/mol. The Hall–Kier alpha value is -1.91. The van der Waals surface area contributed by atoms with E-state index in [2.05, 4.69) is 13.8 Å². The molecule has 1 aromatic rings. The Morgan fingerprint density at radius 1 is 1.50 bits per heavy atom. The molecule has 4 N–H and O–H groups in total. The van der Waals surface area contributed by atoms with E-state index in [0.717, 1.165) is 17.5 Å². The first-order valence-corrected chi connectivity index (χ1v) is 6.98. The number of fused-ring (bicyclic) bond motifs is 1. The van der Waals surface area contributed by atoms with Crippen LogP contribution in [0.2, 0.25) is 0 Å². The Kier molecular flexibility index (Phi) is 4.06. The maximum atomic E-state index is 11.3. The summed E-state index contributed by atoms with van der Waals surface area (Å²) >= 11 is 0. The second-order valence-corrected chi connectivity index (χ2v) is 5.88. The largest absolute Gasteiger partial charge is 0.505 e. The van der Waals surface area contributed by atoms with Crippen molar-refractivity contribution in [1.29, 1.82) is 0 Å². The van der Waals surface area contributed by atoms with Gasteiger partial charge in [-0.1, -0.05) is 19.9 Å². The summed E-state index contributed by atoms with van der Waals surface area (Å²) in [6.45, 7) is 5.11. The fourth-order valence-electron chi connectivity index (χ4n) is 2.96. The topological polar surface area (TPSA) is 86.8 Å². The quantitative estimate of drug-likeness (QED) is 0.573. The van der Waals surface area contributed by atoms with Crippen molar-refractivity contribution < 1.29 is 15.0 Å². The minimum atomic E-state index is -0.904. The highest BCUT2D eigenvalue weighted by molar-refractivity contribution is 5.66. The van der Waals surface area contributed by atoms with Crippen LogP contribution in [0.25, 0.3) is 0 Å². The van der Waals surface area contributed by atoms with Gasteiger partial charge in [-0.3, -0.25) is 0 Å². The second-order valence-electron chi connectivity index (χ2n) is 5.88. The van der Waals surface area contributed by atoms with Crippen molar-refractivity contribution in [2.75, 3.05) is 18.8 Å². The van der Waals surface area contributed by atoms with Gasteiger partial charge in [0.1, 0.15) is 5.75 Å². The SMILES string of the molecule is CC(C)CC1CN(C(=O)O)CCc2c1ccc(N)c2O. The monoisotopic (exact) mass is 278 g/mol. The maximum absolute atomic E-state index is 11.3. The molecule has 1 aliphatic rings. The fourth-order valence-corrected chi connectivity index (χ4v) is 2.96. The van der Waals surface area contributed by atoms with Crippen LogP contribution in [0.4, 0.5) is 10.5 Å². The minimum absolute atomic E-state index is 0.107. The van der Waals surface area contributed by atoms with Gasteiger partial charge in [0.05, 0.1) is 5.69 Å². The zero-order valence-corrected chi connectivity index (χ0v) is 12.0. The molecule has 2 rings (SSSR count). The van der Waals surface area contributed by atoms with Crippen molar-refractivity contribution >= 4 is 11.8 Å². The summed E-state index contributed by atoms with van der Waals surface area (Å²) in [5, 5.41) is 19.4. The molecule has 1 amide bonds. The standard InChI is InChI=1S/C15H22N2O3/c1-9(2)7-10-8-17(15(19)20)6-5-12-11(10)3-4-13(16)14(12)18/h3-4,9-10,18H,5-8,16H2,1-2H3,(H,19,20). The zero-order chi connectivity index (χ0) is 14.9. The number of nitrogens with two attached hydrogens (primary N) is 1. The third-order valence-electron chi connectivity index (χ3n) is 3.89. The predicted octanol–water partition coefficient (Wildman–Crippen LogP) is 2.64. The highest BCUT2D eigenvalue weighted by Crippen LogP contribution is 2.37. The van der Waals surface area contributed by atoms with Gasteiger partial charge in [0.15, 0.2) is 0 Å². The smallest absolute Gasteiger partial charge is 0.407 e. The lowest BCUT2D eigenvalue weighted by Crippen LogP contribution is -2.33. The summed E-state index contributed by atoms with van der Waals surface area (Å²) in [4.78, 5) is 12.7. The number of rotatable bonds is 2. The van der Waals surface area contributed by atoms with Crippen LogP contribution in [-0.4, -0.2) is 34.3 Å². The normalized spacial score (nSPS) is 18.8. The van der Waals surface area contributed by atoms with Gasteiger partial charge in [0.2, 0.25) is 0 Å². The maximum Gasteiger partial charge on any atom is 0.407 e. The highest BCUT2D eigenvalue weighted by Gasteiger charge is 2.28. The predicted molar refractivity (Wildman–Crippen MR) is 78.0 cm³/mol. The first-order chi connectivity index (χ1) is 9.40. The first-order valence-electron chi connectivity index (χ1n) is 6.98. The molecule has 0 radical (unpaired) electrons. The van der Waals surface area contributed by atoms with E-state index < -0.39 is 6.09 Å². The number of benzene rings is 1. The van der Waals surface area contributed by atoms with Gasteiger partial charge in [-0.25, -0.2) is 4.79 Å². The molecule has 5 heteroatoms. The van der Waals surface area contributed by atoms with Gasteiger partial charge in [-0.05, 0) is 30.4 Å². The zero-order valence-electron chi connectivity index (χ0n) is 12.0. The molecule has 0 aromatic heterocycles. The van der Waals surface area contributed by atoms with E-state index in [1.807, 2.05) is 6.07 Å². The molecule has 20 heavy (non-hydrogen) atoms. The van der Waals surface area contributed by atoms with E-state index >= 15 is 0 Å². The fraction of sp³-hybridized carbons (Fsp3) is 0.533. The average Bonchev–Trinajstić information content (AvgIpc) is 2.54. The summed E-state index contributed by atoms with van der Waals surface area (Å²) in [6.07, 6.45) is 0.492. The van der Waals surface area contributed by atoms with Gasteiger partial charge in [-0.2, -0.15) is 0 Å². The van der Waals surface area contributed by atoms with Crippen LogP contribution in [-0.2, 0) is 6.42 Å². The number of anilines is 1. The van der Waals surface area contributed by atoms with Crippen molar-refractivity contribution in [2.45, 2.75) is 32.6 Å². The number of phenolic OH excluding ortho intramolecular Hbond substituents is 1. The van der Waals surface area contributed by atoms with Gasteiger partial charge in [0, 0.05) is 24.6 Å². The van der Waals surface area contributed by atoms with E-state index in [0.29, 0.717) is 31.1 Å². The number of nitrogens with zero attached hydrogens (tertiary/aromatic N) is 1. The van der Waals surface area contributed by atoms with Crippen LogP contribution in [0, 0.1) is 5.92 Å². The lowest BCUT2D eigenvalue weighted by molar-refractivity contribution is 0.142. The van der Waals surface area contributed by atoms with Gasteiger partial charge in [0.25, 0.3) is 0 Å². The van der Waals surface area contributed by atoms with E-state index in [4.69, 9.17) is 5.73 Å². The molecule has 1 aromatic carbocycles. The summed E-state index contributed by atoms with van der Waals surface area (Å²) in [5.74, 6) is 0.680. The van der Waals surface area contributed by atoms with Gasteiger partial charge >= 0.3 is 6.09 Å². The lowest BCUT2D eigenvalue weighted by Gasteiger charge is -2.24. The van der Waals surface area contributed by atoms with Crippen LogP contribution >= 0.6 is 0 Å². The second kappa shape index (κ2) is 5.61. The van der Waals surface area contributed by atoms with Crippen molar-refractivity contribution in [3.05, 3.63) is 23.3 Å². The first kappa shape index (κ1) is 14.5. The minimum Gasteiger partial charge on any atom is -0.505 e. The molecule has 0 saturated carbocycles. The number of carbonyl (C=O) groups is 1. The Morgan fingerprint density at radius 3 is 2.80 bits per heavy atom. The number of hydrogen-bond acceptors (Lipinski definition) is 3. The number of hydrogen-bond donors (Lipinski definition) is 3. The molecule has 0 fully saturated rings. The van der Waals surface area contributed by atoms with Crippen LogP contribution in [0.1, 0.15) is 37.3 Å². The Balaban J connectivity index is 2.42. The van der Waals surface area contributed by atoms with Crippen LogP contribution in [0.5, 0.6) is 5.75 Å². The molecule has 0 saturated heterocycles. The molecule has 1 heterocycles. The number of carboxylic acid groups (broad SMARTS) is 1. The summed E-state index contributed by atoms with van der Waals surface area (Å²) in [5.41, 5.74) is 7.95. The van der Waals surface area contributed by atoms with E-state index in [1.165, 1.54) is 4.90 Å². The molecule has 1 atom stereocenters. The highest BCUT2D eigenvalue weighted by atomic mass is 16.4. The van der Waals surface area contributed by atoms with Crippen LogP contribution in [0.15, 0.2) is 12.1 Å². The van der Waals surface area contributed by atoms with Gasteiger partial charge in [-0.15, -0.1) is 0 Å². The Labute approximate surface area is 119 Å². The summed E-state index contributed by atoms with van der Waals surface area (Å²) < 4.78 is 0. The van der Waals surface area contributed by atoms with E-state index in [9.17, 15) is 15.0 Å². The number of aromatic hydroxyl groups is 1. The molecule has 0 bridgehead atoms. The number of nitrogen functional groups attached to an aromatic ring is 1. The van der Waals surface area contributed by atoms with Crippen molar-refractivity contribution in [1.82, 2.24) is 4.90 Å². The molecule has 1 unspecified atom stereocenters. The molecular formula is C15H22N2O3. The molecular weight excluding hydrogens is 256 g/mol. The molecule has 110 valence electrons. The molecule has 5 nitrogen and oxygen atoms in total. The van der Waals surface area contributed by atoms with E-state index in [1.54, 1.807) is 6.07 Å². The Bertz CT molecular complexity index is 514. The third-order valence-corrected chi connectivity index (χ3v) is 3.89. The van der Waals surface area contributed by atoms with Crippen LogP contribution < -0.4 is 5.73 Å². The molecule has 0 spiro atoms. The van der Waals surface area contributed by atoms with Crippen molar-refractivity contribution in [3.8, 4) is 5.75 Å². The number of amides is 1. The number of phenols is 1. The summed E-state index contributed by atoms with van der Waals surface area (Å²) in [6, 6.07) is 3.64. The molecule has 0 aliphatic carbocycles. The third kappa shape index (κ3) is 2.81.